The molecule has 0 unspecified atom stereocenters. The lowest BCUT2D eigenvalue weighted by atomic mass is 10.1. The van der Waals surface area contributed by atoms with Gasteiger partial charge in [0.05, 0.1) is 0 Å². The molecule has 2 rings (SSSR count). The lowest BCUT2D eigenvalue weighted by molar-refractivity contribution is -0.149. The van der Waals surface area contributed by atoms with E-state index in [4.69, 9.17) is 5.11 Å². The minimum absolute atomic E-state index is 0.230. The van der Waals surface area contributed by atoms with Crippen LogP contribution in [0.3, 0.4) is 0 Å². The van der Waals surface area contributed by atoms with Gasteiger partial charge in [0.25, 0.3) is 0 Å². The molecule has 0 spiro atoms. The number of nitrogens with zero attached hydrogens (tertiary/aromatic N) is 1. The van der Waals surface area contributed by atoms with Crippen molar-refractivity contribution >= 4 is 23.6 Å². The van der Waals surface area contributed by atoms with E-state index in [0.29, 0.717) is 11.3 Å². The van der Waals surface area contributed by atoms with Crippen LogP contribution in [0.4, 0.5) is 4.39 Å². The quantitative estimate of drug-likeness (QED) is 0.924. The normalized spacial score (nSPS) is 22.5. The summed E-state index contributed by atoms with van der Waals surface area (Å²) in [5.74, 6) is -1.32. The second-order valence-electron chi connectivity index (χ2n) is 4.25. The first kappa shape index (κ1) is 13.9. The van der Waals surface area contributed by atoms with Gasteiger partial charge in [-0.25, -0.2) is 9.18 Å². The molecule has 4 nitrogen and oxygen atoms in total. The molecule has 0 aromatic heterocycles. The van der Waals surface area contributed by atoms with E-state index in [-0.39, 0.29) is 18.1 Å². The molecule has 1 aliphatic heterocycles. The maximum absolute atomic E-state index is 13.3. The van der Waals surface area contributed by atoms with Crippen molar-refractivity contribution in [3.8, 4) is 0 Å². The summed E-state index contributed by atoms with van der Waals surface area (Å²) in [5.41, 5.74) is 0.621. The first-order valence-electron chi connectivity index (χ1n) is 5.95. The lowest BCUT2D eigenvalue weighted by Gasteiger charge is -2.27. The monoisotopic (exact) mass is 283 g/mol. The fourth-order valence-electron chi connectivity index (χ4n) is 2.10. The Hall–Kier alpha value is -1.56. The van der Waals surface area contributed by atoms with Crippen LogP contribution in [0.1, 0.15) is 24.3 Å². The number of carboxylic acid groups (broad SMARTS) is 1. The Bertz CT molecular complexity index is 508. The van der Waals surface area contributed by atoms with E-state index in [1.54, 1.807) is 19.1 Å². The highest BCUT2D eigenvalue weighted by atomic mass is 32.2. The molecule has 19 heavy (non-hydrogen) atoms. The first-order valence-corrected chi connectivity index (χ1v) is 7.00. The van der Waals surface area contributed by atoms with Crippen molar-refractivity contribution in [3.63, 3.8) is 0 Å². The van der Waals surface area contributed by atoms with Crippen molar-refractivity contribution in [2.75, 3.05) is 5.75 Å². The third-order valence-electron chi connectivity index (χ3n) is 3.01. The van der Waals surface area contributed by atoms with Crippen LogP contribution in [0.25, 0.3) is 0 Å². The number of halogens is 1. The number of hydrogen-bond donors (Lipinski definition) is 1. The Morgan fingerprint density at radius 3 is 2.84 bits per heavy atom. The number of benzene rings is 1. The summed E-state index contributed by atoms with van der Waals surface area (Å²) in [4.78, 5) is 24.5. The number of carboxylic acids is 1. The van der Waals surface area contributed by atoms with Gasteiger partial charge in [-0.1, -0.05) is 19.1 Å². The van der Waals surface area contributed by atoms with E-state index in [1.165, 1.54) is 28.8 Å². The zero-order valence-corrected chi connectivity index (χ0v) is 11.2. The predicted octanol–water partition coefficient (Wildman–Crippen LogP) is 2.26. The van der Waals surface area contributed by atoms with Gasteiger partial charge in [-0.05, 0) is 17.7 Å². The first-order chi connectivity index (χ1) is 9.04. The highest BCUT2D eigenvalue weighted by Crippen LogP contribution is 2.41. The van der Waals surface area contributed by atoms with E-state index in [1.807, 2.05) is 0 Å². The van der Waals surface area contributed by atoms with E-state index in [9.17, 15) is 14.0 Å². The molecule has 0 radical (unpaired) electrons. The molecule has 6 heteroatoms. The molecular weight excluding hydrogens is 269 g/mol. The number of thioether (sulfide) groups is 1. The van der Waals surface area contributed by atoms with Gasteiger partial charge in [0.1, 0.15) is 17.2 Å². The predicted molar refractivity (Wildman–Crippen MR) is 70.2 cm³/mol. The molecule has 1 aliphatic rings. The maximum atomic E-state index is 13.3. The van der Waals surface area contributed by atoms with Crippen LogP contribution in [0, 0.1) is 5.82 Å². The van der Waals surface area contributed by atoms with Crippen molar-refractivity contribution < 1.29 is 19.1 Å². The molecule has 1 fully saturated rings. The molecule has 1 aromatic carbocycles. The van der Waals surface area contributed by atoms with Crippen LogP contribution in [0.15, 0.2) is 24.3 Å². The van der Waals surface area contributed by atoms with E-state index in [2.05, 4.69) is 0 Å². The summed E-state index contributed by atoms with van der Waals surface area (Å²) < 4.78 is 13.3. The Morgan fingerprint density at radius 1 is 1.53 bits per heavy atom. The van der Waals surface area contributed by atoms with Gasteiger partial charge in [-0.3, -0.25) is 4.79 Å². The van der Waals surface area contributed by atoms with Gasteiger partial charge in [-0.15, -0.1) is 11.8 Å². The highest BCUT2D eigenvalue weighted by molar-refractivity contribution is 7.99. The molecular formula is C13H14FNO3S. The largest absolute Gasteiger partial charge is 0.480 e. The van der Waals surface area contributed by atoms with E-state index >= 15 is 0 Å². The number of aliphatic carboxylic acids is 1. The second-order valence-corrected chi connectivity index (χ2v) is 5.36. The van der Waals surface area contributed by atoms with E-state index < -0.39 is 17.4 Å². The number of amides is 1. The Kier molecular flexibility index (Phi) is 4.09. The van der Waals surface area contributed by atoms with Gasteiger partial charge < -0.3 is 10.0 Å². The zero-order valence-electron chi connectivity index (χ0n) is 10.4. The van der Waals surface area contributed by atoms with Crippen molar-refractivity contribution in [1.82, 2.24) is 4.90 Å². The zero-order chi connectivity index (χ0) is 14.0. The molecule has 1 aromatic rings. The Morgan fingerprint density at radius 2 is 2.26 bits per heavy atom. The number of carbonyl (C=O) groups excluding carboxylic acids is 1. The molecule has 2 atom stereocenters. The Labute approximate surface area is 114 Å². The average Bonchev–Trinajstić information content (AvgIpc) is 2.82. The minimum atomic E-state index is -1.02. The van der Waals surface area contributed by atoms with Gasteiger partial charge in [0.2, 0.25) is 5.91 Å². The molecule has 102 valence electrons. The molecule has 1 N–H and O–H groups in total. The SMILES string of the molecule is CCC(=O)N1[C@@H](C(=O)O)CS[C@H]1c1cccc(F)c1. The summed E-state index contributed by atoms with van der Waals surface area (Å²) >= 11 is 1.35. The fourth-order valence-corrected chi connectivity index (χ4v) is 3.53. The van der Waals surface area contributed by atoms with E-state index in [0.717, 1.165) is 0 Å². The molecule has 1 heterocycles. The van der Waals surface area contributed by atoms with Gasteiger partial charge >= 0.3 is 5.97 Å². The van der Waals surface area contributed by atoms with Crippen LogP contribution < -0.4 is 0 Å². The summed E-state index contributed by atoms with van der Waals surface area (Å²) in [5, 5.41) is 8.74. The Balaban J connectivity index is 2.34. The lowest BCUT2D eigenvalue weighted by Crippen LogP contribution is -2.42. The standard InChI is InChI=1S/C13H14FNO3S/c1-2-11(16)15-10(13(17)18)7-19-12(15)8-4-3-5-9(14)6-8/h3-6,10,12H,2,7H2,1H3,(H,17,18)/t10-,12+/m1/s1. The number of hydrogen-bond acceptors (Lipinski definition) is 3. The third-order valence-corrected chi connectivity index (χ3v) is 4.33. The van der Waals surface area contributed by atoms with Crippen molar-refractivity contribution in [2.45, 2.75) is 24.8 Å². The molecule has 0 aliphatic carbocycles. The minimum Gasteiger partial charge on any atom is -0.480 e. The van der Waals surface area contributed by atoms with Crippen LogP contribution in [-0.2, 0) is 9.59 Å². The summed E-state index contributed by atoms with van der Waals surface area (Å²) in [6.07, 6.45) is 0.232. The number of rotatable bonds is 3. The van der Waals surface area contributed by atoms with Crippen molar-refractivity contribution in [3.05, 3.63) is 35.6 Å². The van der Waals surface area contributed by atoms with Crippen molar-refractivity contribution in [2.24, 2.45) is 0 Å². The smallest absolute Gasteiger partial charge is 0.327 e. The van der Waals surface area contributed by atoms with Crippen molar-refractivity contribution in [1.29, 1.82) is 0 Å². The summed E-state index contributed by atoms with van der Waals surface area (Å²) in [7, 11) is 0. The second kappa shape index (κ2) is 5.61. The third kappa shape index (κ3) is 2.73. The van der Waals surface area contributed by atoms with Crippen LogP contribution >= 0.6 is 11.8 Å². The summed E-state index contributed by atoms with van der Waals surface area (Å²) in [6.45, 7) is 1.69. The fraction of sp³-hybridized carbons (Fsp3) is 0.385. The molecule has 1 amide bonds. The van der Waals surface area contributed by atoms with Gasteiger partial charge in [0.15, 0.2) is 0 Å². The molecule has 1 saturated heterocycles. The van der Waals surface area contributed by atoms with Crippen LogP contribution in [-0.4, -0.2) is 33.7 Å². The maximum Gasteiger partial charge on any atom is 0.327 e. The average molecular weight is 283 g/mol. The van der Waals surface area contributed by atoms with Gasteiger partial charge in [0, 0.05) is 12.2 Å². The number of carbonyl (C=O) groups is 2. The molecule has 0 saturated carbocycles. The topological polar surface area (TPSA) is 57.6 Å². The van der Waals surface area contributed by atoms with Crippen LogP contribution in [0.2, 0.25) is 0 Å². The highest BCUT2D eigenvalue weighted by Gasteiger charge is 2.41. The summed E-state index contributed by atoms with van der Waals surface area (Å²) in [6, 6.07) is 5.10. The molecule has 0 bridgehead atoms. The van der Waals surface area contributed by atoms with Crippen LogP contribution in [0.5, 0.6) is 0 Å². The van der Waals surface area contributed by atoms with Gasteiger partial charge in [-0.2, -0.15) is 0 Å².